The molecule has 0 saturated heterocycles. The first-order valence-corrected chi connectivity index (χ1v) is 5.85. The average Bonchev–Trinajstić information content (AvgIpc) is 2.94. The van der Waals surface area contributed by atoms with Crippen LogP contribution in [-0.2, 0) is 13.1 Å². The Bertz CT molecular complexity index is 673. The molecule has 90 valence electrons. The van der Waals surface area contributed by atoms with Crippen molar-refractivity contribution in [3.8, 4) is 0 Å². The third-order valence-electron chi connectivity index (χ3n) is 3.01. The van der Waals surface area contributed by atoms with Crippen LogP contribution >= 0.6 is 0 Å². The normalized spacial score (nSPS) is 11.1. The lowest BCUT2D eigenvalue weighted by Gasteiger charge is -2.02. The van der Waals surface area contributed by atoms with Crippen molar-refractivity contribution in [1.82, 2.24) is 19.1 Å². The van der Waals surface area contributed by atoms with Gasteiger partial charge in [0.25, 0.3) is 0 Å². The second-order valence-electron chi connectivity index (χ2n) is 4.20. The number of fused-ring (bicyclic) bond motifs is 2. The van der Waals surface area contributed by atoms with Gasteiger partial charge in [0.05, 0.1) is 34.7 Å². The molecule has 2 heterocycles. The van der Waals surface area contributed by atoms with E-state index in [0.29, 0.717) is 0 Å². The maximum Gasteiger partial charge on any atom is 0.0961 e. The Balaban J connectivity index is 2.27. The smallest absolute Gasteiger partial charge is 0.0961 e. The molecule has 4 heteroatoms. The van der Waals surface area contributed by atoms with Crippen LogP contribution in [0.4, 0.5) is 0 Å². The van der Waals surface area contributed by atoms with Gasteiger partial charge in [-0.2, -0.15) is 0 Å². The quantitative estimate of drug-likeness (QED) is 0.655. The van der Waals surface area contributed by atoms with Gasteiger partial charge in [0.15, 0.2) is 0 Å². The van der Waals surface area contributed by atoms with E-state index in [9.17, 15) is 0 Å². The topological polar surface area (TPSA) is 35.6 Å². The van der Waals surface area contributed by atoms with E-state index >= 15 is 0 Å². The first-order valence-electron chi connectivity index (χ1n) is 5.85. The van der Waals surface area contributed by atoms with Crippen molar-refractivity contribution in [2.24, 2.45) is 0 Å². The van der Waals surface area contributed by atoms with Gasteiger partial charge in [-0.05, 0) is 12.1 Å². The Hall–Kier alpha value is -2.36. The minimum absolute atomic E-state index is 0.762. The van der Waals surface area contributed by atoms with E-state index in [1.807, 2.05) is 30.9 Å². The van der Waals surface area contributed by atoms with Gasteiger partial charge in [-0.15, -0.1) is 13.2 Å². The van der Waals surface area contributed by atoms with E-state index in [4.69, 9.17) is 0 Å². The van der Waals surface area contributed by atoms with Crippen LogP contribution in [0.25, 0.3) is 22.1 Å². The molecule has 2 aromatic heterocycles. The number of hydrogen-bond acceptors (Lipinski definition) is 2. The molecule has 3 aromatic rings. The van der Waals surface area contributed by atoms with E-state index in [1.54, 1.807) is 0 Å². The molecule has 1 aromatic carbocycles. The van der Waals surface area contributed by atoms with E-state index in [-0.39, 0.29) is 0 Å². The average molecular weight is 238 g/mol. The molecule has 0 saturated carbocycles. The number of hydrogen-bond donors (Lipinski definition) is 0. The molecule has 0 fully saturated rings. The van der Waals surface area contributed by atoms with Crippen LogP contribution in [0.5, 0.6) is 0 Å². The molecule has 0 aliphatic rings. The molecule has 3 rings (SSSR count). The zero-order valence-electron chi connectivity index (χ0n) is 10.1. The van der Waals surface area contributed by atoms with Crippen LogP contribution in [0.15, 0.2) is 50.1 Å². The molecule has 0 N–H and O–H groups in total. The molecule has 0 amide bonds. The molecule has 0 bridgehead atoms. The third-order valence-corrected chi connectivity index (χ3v) is 3.01. The molecule has 0 atom stereocenters. The first-order chi connectivity index (χ1) is 8.83. The molecule has 0 unspecified atom stereocenters. The van der Waals surface area contributed by atoms with Crippen LogP contribution < -0.4 is 0 Å². The predicted molar refractivity (Wildman–Crippen MR) is 73.4 cm³/mol. The number of imidazole rings is 2. The fourth-order valence-electron chi connectivity index (χ4n) is 2.18. The van der Waals surface area contributed by atoms with E-state index in [1.165, 1.54) is 0 Å². The van der Waals surface area contributed by atoms with Gasteiger partial charge in [0, 0.05) is 13.1 Å². The van der Waals surface area contributed by atoms with Crippen molar-refractivity contribution < 1.29 is 0 Å². The molecular formula is C14H14N4. The summed E-state index contributed by atoms with van der Waals surface area (Å²) in [6, 6.07) is 4.14. The first kappa shape index (κ1) is 10.8. The Morgan fingerprint density at radius 2 is 1.39 bits per heavy atom. The highest BCUT2D eigenvalue weighted by atomic mass is 15.1. The summed E-state index contributed by atoms with van der Waals surface area (Å²) < 4.78 is 4.15. The Morgan fingerprint density at radius 3 is 1.83 bits per heavy atom. The Kier molecular flexibility index (Phi) is 2.48. The van der Waals surface area contributed by atoms with Crippen molar-refractivity contribution in [2.45, 2.75) is 13.1 Å². The summed E-state index contributed by atoms with van der Waals surface area (Å²) in [4.78, 5) is 8.78. The molecule has 18 heavy (non-hydrogen) atoms. The van der Waals surface area contributed by atoms with Gasteiger partial charge in [-0.1, -0.05) is 12.2 Å². The Labute approximate surface area is 105 Å². The van der Waals surface area contributed by atoms with Crippen LogP contribution in [0.2, 0.25) is 0 Å². The second kappa shape index (κ2) is 4.14. The van der Waals surface area contributed by atoms with Gasteiger partial charge >= 0.3 is 0 Å². The summed E-state index contributed by atoms with van der Waals surface area (Å²) >= 11 is 0. The molecule has 4 nitrogen and oxygen atoms in total. The summed E-state index contributed by atoms with van der Waals surface area (Å²) in [5.74, 6) is 0. The highest BCUT2D eigenvalue weighted by molar-refractivity contribution is 5.91. The summed E-state index contributed by atoms with van der Waals surface area (Å²) in [6.45, 7) is 9.05. The largest absolute Gasteiger partial charge is 0.327 e. The maximum atomic E-state index is 4.39. The fraction of sp³-hybridized carbons (Fsp3) is 0.143. The molecule has 0 aliphatic carbocycles. The summed E-state index contributed by atoms with van der Waals surface area (Å²) in [7, 11) is 0. The zero-order chi connectivity index (χ0) is 12.5. The van der Waals surface area contributed by atoms with E-state index in [2.05, 4.69) is 38.3 Å². The summed E-state index contributed by atoms with van der Waals surface area (Å²) in [5, 5.41) is 0. The molecular weight excluding hydrogens is 224 g/mol. The van der Waals surface area contributed by atoms with E-state index < -0.39 is 0 Å². The highest BCUT2D eigenvalue weighted by Crippen LogP contribution is 2.21. The molecule has 0 spiro atoms. The maximum absolute atomic E-state index is 4.39. The summed E-state index contributed by atoms with van der Waals surface area (Å²) in [6.07, 6.45) is 7.41. The summed E-state index contributed by atoms with van der Waals surface area (Å²) in [5.41, 5.74) is 4.14. The van der Waals surface area contributed by atoms with Gasteiger partial charge < -0.3 is 9.13 Å². The van der Waals surface area contributed by atoms with Crippen molar-refractivity contribution >= 4 is 22.1 Å². The van der Waals surface area contributed by atoms with Gasteiger partial charge in [-0.25, -0.2) is 9.97 Å². The monoisotopic (exact) mass is 238 g/mol. The van der Waals surface area contributed by atoms with E-state index in [0.717, 1.165) is 35.2 Å². The number of rotatable bonds is 4. The van der Waals surface area contributed by atoms with Crippen molar-refractivity contribution in [2.75, 3.05) is 0 Å². The number of aromatic nitrogens is 4. The van der Waals surface area contributed by atoms with Crippen LogP contribution in [0.1, 0.15) is 0 Å². The minimum Gasteiger partial charge on any atom is -0.327 e. The fourth-order valence-corrected chi connectivity index (χ4v) is 2.18. The lowest BCUT2D eigenvalue weighted by atomic mass is 10.2. The van der Waals surface area contributed by atoms with Gasteiger partial charge in [-0.3, -0.25) is 0 Å². The molecule has 0 radical (unpaired) electrons. The molecule has 0 aliphatic heterocycles. The second-order valence-corrected chi connectivity index (χ2v) is 4.20. The number of benzene rings is 1. The van der Waals surface area contributed by atoms with Gasteiger partial charge in [0.2, 0.25) is 0 Å². The number of nitrogens with zero attached hydrogens (tertiary/aromatic N) is 4. The highest BCUT2D eigenvalue weighted by Gasteiger charge is 2.07. The zero-order valence-corrected chi connectivity index (χ0v) is 10.1. The lowest BCUT2D eigenvalue weighted by molar-refractivity contribution is 0.843. The van der Waals surface area contributed by atoms with Gasteiger partial charge in [0.1, 0.15) is 0 Å². The standard InChI is InChI=1S/C14H14N4/c1-3-5-17-9-15-11-7-12-14(8-13(11)17)18(6-4-2)10-16-12/h3-4,7-10H,1-2,5-6H2. The predicted octanol–water partition coefficient (Wildman–Crippen LogP) is 2.76. The third kappa shape index (κ3) is 1.54. The van der Waals surface area contributed by atoms with Crippen molar-refractivity contribution in [3.05, 3.63) is 50.1 Å². The van der Waals surface area contributed by atoms with Crippen LogP contribution in [-0.4, -0.2) is 19.1 Å². The minimum atomic E-state index is 0.762. The Morgan fingerprint density at radius 1 is 0.889 bits per heavy atom. The number of allylic oxidation sites excluding steroid dienone is 2. The SMILES string of the molecule is C=CCn1cnc2cc3ncn(CC=C)c3cc21. The van der Waals surface area contributed by atoms with Crippen molar-refractivity contribution in [3.63, 3.8) is 0 Å². The van der Waals surface area contributed by atoms with Crippen molar-refractivity contribution in [1.29, 1.82) is 0 Å². The van der Waals surface area contributed by atoms with Crippen LogP contribution in [0.3, 0.4) is 0 Å². The lowest BCUT2D eigenvalue weighted by Crippen LogP contribution is -1.94. The van der Waals surface area contributed by atoms with Crippen LogP contribution in [0, 0.1) is 0 Å².